The number of rotatable bonds is 5. The van der Waals surface area contributed by atoms with E-state index < -0.39 is 23.2 Å². The molecule has 1 aromatic carbocycles. The number of carbonyl (C=O) groups excluding carboxylic acids is 3. The molecule has 1 heterocycles. The third-order valence-corrected chi connectivity index (χ3v) is 5.04. The third kappa shape index (κ3) is 3.92. The maximum absolute atomic E-state index is 12.5. The normalized spacial score (nSPS) is 17.3. The molecule has 1 atom stereocenters. The predicted molar refractivity (Wildman–Crippen MR) is 99.6 cm³/mol. The Hall–Kier alpha value is -1.55. The lowest BCUT2D eigenvalue weighted by Gasteiger charge is -2.19. The zero-order chi connectivity index (χ0) is 17.9. The van der Waals surface area contributed by atoms with E-state index >= 15 is 0 Å². The molecule has 0 bridgehead atoms. The first-order valence-corrected chi connectivity index (χ1v) is 9.05. The van der Waals surface area contributed by atoms with Gasteiger partial charge in [-0.15, -0.1) is 0 Å². The van der Waals surface area contributed by atoms with Crippen LogP contribution in [0.3, 0.4) is 0 Å². The predicted octanol–water partition coefficient (Wildman–Crippen LogP) is 3.29. The highest BCUT2D eigenvalue weighted by atomic mass is 127. The molecule has 2 amide bonds. The van der Waals surface area contributed by atoms with Crippen molar-refractivity contribution in [2.75, 3.05) is 13.7 Å². The zero-order valence-corrected chi connectivity index (χ0v) is 16.3. The van der Waals surface area contributed by atoms with Crippen LogP contribution in [0.4, 0.5) is 4.79 Å². The van der Waals surface area contributed by atoms with Gasteiger partial charge >= 0.3 is 5.97 Å². The number of benzene rings is 1. The molecule has 0 aliphatic carbocycles. The summed E-state index contributed by atoms with van der Waals surface area (Å²) in [7, 11) is 1.58. The summed E-state index contributed by atoms with van der Waals surface area (Å²) in [6.07, 6.45) is 1.63. The highest BCUT2D eigenvalue weighted by Gasteiger charge is 2.41. The van der Waals surface area contributed by atoms with Crippen LogP contribution >= 0.6 is 34.4 Å². The molecule has 1 aromatic rings. The van der Waals surface area contributed by atoms with Crippen molar-refractivity contribution in [3.8, 4) is 5.75 Å². The van der Waals surface area contributed by atoms with Gasteiger partial charge in [0.1, 0.15) is 11.8 Å². The van der Waals surface area contributed by atoms with Crippen molar-refractivity contribution in [1.29, 1.82) is 0 Å². The molecule has 1 fully saturated rings. The summed E-state index contributed by atoms with van der Waals surface area (Å²) >= 11 is 2.94. The van der Waals surface area contributed by atoms with E-state index in [0.717, 1.165) is 31.5 Å². The number of thioether (sulfide) groups is 1. The molecule has 1 aliphatic heterocycles. The fourth-order valence-electron chi connectivity index (χ4n) is 2.11. The molecular formula is C16H16INO5S. The monoisotopic (exact) mass is 461 g/mol. The van der Waals surface area contributed by atoms with Gasteiger partial charge in [0, 0.05) is 0 Å². The smallest absolute Gasteiger partial charge is 0.329 e. The molecule has 1 aliphatic rings. The van der Waals surface area contributed by atoms with Gasteiger partial charge in [0.25, 0.3) is 11.1 Å². The van der Waals surface area contributed by atoms with Crippen LogP contribution in [0.5, 0.6) is 5.75 Å². The number of ether oxygens (including phenoxy) is 2. The average Bonchev–Trinajstić information content (AvgIpc) is 2.81. The van der Waals surface area contributed by atoms with Gasteiger partial charge in [-0.2, -0.15) is 0 Å². The molecular weight excluding hydrogens is 445 g/mol. The minimum Gasteiger partial charge on any atom is -0.496 e. The lowest BCUT2D eigenvalue weighted by Crippen LogP contribution is -2.42. The van der Waals surface area contributed by atoms with E-state index in [-0.39, 0.29) is 11.5 Å². The Bertz CT molecular complexity index is 718. The van der Waals surface area contributed by atoms with Gasteiger partial charge < -0.3 is 9.47 Å². The Morgan fingerprint density at radius 1 is 1.42 bits per heavy atom. The highest BCUT2D eigenvalue weighted by Crippen LogP contribution is 2.34. The van der Waals surface area contributed by atoms with Crippen molar-refractivity contribution in [3.05, 3.63) is 32.2 Å². The number of hydrogen-bond donors (Lipinski definition) is 0. The Morgan fingerprint density at radius 3 is 2.71 bits per heavy atom. The quantitative estimate of drug-likeness (QED) is 0.381. The van der Waals surface area contributed by atoms with Crippen LogP contribution in [0.2, 0.25) is 0 Å². The lowest BCUT2D eigenvalue weighted by atomic mass is 10.2. The van der Waals surface area contributed by atoms with E-state index in [2.05, 4.69) is 22.6 Å². The summed E-state index contributed by atoms with van der Waals surface area (Å²) in [4.78, 5) is 37.6. The molecule has 0 aromatic heterocycles. The standard InChI is InChI=1S/C16H16INO5S/c1-4-23-15(20)9(2)18-14(19)13(24-16(18)21)8-10-5-6-12(22-3)11(17)7-10/h5-9H,4H2,1-3H3/b13-8+/t9-/m1/s1. The number of imide groups is 1. The molecule has 0 spiro atoms. The Morgan fingerprint density at radius 2 is 2.12 bits per heavy atom. The third-order valence-electron chi connectivity index (χ3n) is 3.31. The number of esters is 1. The Labute approximate surface area is 157 Å². The summed E-state index contributed by atoms with van der Waals surface area (Å²) in [5.41, 5.74) is 0.773. The van der Waals surface area contributed by atoms with Crippen molar-refractivity contribution in [2.24, 2.45) is 0 Å². The van der Waals surface area contributed by atoms with Gasteiger partial charge in [-0.05, 0) is 72.0 Å². The maximum atomic E-state index is 12.5. The van der Waals surface area contributed by atoms with Gasteiger partial charge in [-0.25, -0.2) is 4.79 Å². The fraction of sp³-hybridized carbons (Fsp3) is 0.312. The highest BCUT2D eigenvalue weighted by molar-refractivity contribution is 14.1. The number of hydrogen-bond acceptors (Lipinski definition) is 6. The Kier molecular flexibility index (Phi) is 6.27. The van der Waals surface area contributed by atoms with Gasteiger partial charge in [0.2, 0.25) is 0 Å². The first-order valence-electron chi connectivity index (χ1n) is 7.16. The second-order valence-corrected chi connectivity index (χ2v) is 7.03. The molecule has 128 valence electrons. The van der Waals surface area contributed by atoms with Crippen molar-refractivity contribution < 1.29 is 23.9 Å². The average molecular weight is 461 g/mol. The summed E-state index contributed by atoms with van der Waals surface area (Å²) in [5, 5.41) is -0.477. The maximum Gasteiger partial charge on any atom is 0.329 e. The van der Waals surface area contributed by atoms with E-state index in [1.807, 2.05) is 6.07 Å². The van der Waals surface area contributed by atoms with Gasteiger partial charge in [-0.1, -0.05) is 6.07 Å². The molecule has 24 heavy (non-hydrogen) atoms. The van der Waals surface area contributed by atoms with Crippen molar-refractivity contribution in [1.82, 2.24) is 4.90 Å². The van der Waals surface area contributed by atoms with E-state index in [4.69, 9.17) is 9.47 Å². The lowest BCUT2D eigenvalue weighted by molar-refractivity contribution is -0.150. The Balaban J connectivity index is 2.24. The van der Waals surface area contributed by atoms with Crippen LogP contribution in [0.1, 0.15) is 19.4 Å². The number of nitrogens with zero attached hydrogens (tertiary/aromatic N) is 1. The first-order chi connectivity index (χ1) is 11.4. The van der Waals surface area contributed by atoms with Crippen LogP contribution in [0, 0.1) is 3.57 Å². The molecule has 2 rings (SSSR count). The molecule has 0 radical (unpaired) electrons. The second kappa shape index (κ2) is 8.02. The van der Waals surface area contributed by atoms with E-state index in [9.17, 15) is 14.4 Å². The van der Waals surface area contributed by atoms with E-state index in [0.29, 0.717) is 0 Å². The molecule has 8 heteroatoms. The zero-order valence-electron chi connectivity index (χ0n) is 13.4. The minimum atomic E-state index is -0.945. The SMILES string of the molecule is CCOC(=O)[C@@H](C)N1C(=O)S/C(=C/c2ccc(OC)c(I)c2)C1=O. The summed E-state index contributed by atoms with van der Waals surface area (Å²) in [6.45, 7) is 3.34. The number of halogens is 1. The minimum absolute atomic E-state index is 0.194. The molecule has 1 saturated heterocycles. The van der Waals surface area contributed by atoms with Crippen LogP contribution in [0.25, 0.3) is 6.08 Å². The molecule has 0 N–H and O–H groups in total. The van der Waals surface area contributed by atoms with Gasteiger partial charge in [0.15, 0.2) is 0 Å². The van der Waals surface area contributed by atoms with Gasteiger partial charge in [0.05, 0.1) is 22.2 Å². The van der Waals surface area contributed by atoms with Crippen molar-refractivity contribution in [3.63, 3.8) is 0 Å². The fourth-order valence-corrected chi connectivity index (χ4v) is 3.77. The van der Waals surface area contributed by atoms with Crippen LogP contribution in [0.15, 0.2) is 23.1 Å². The summed E-state index contributed by atoms with van der Waals surface area (Å²) in [6, 6.07) is 4.49. The van der Waals surface area contributed by atoms with Crippen LogP contribution in [-0.4, -0.2) is 41.8 Å². The molecule has 0 unspecified atom stereocenters. The molecule has 0 saturated carbocycles. The largest absolute Gasteiger partial charge is 0.496 e. The first kappa shape index (κ1) is 18.8. The van der Waals surface area contributed by atoms with Crippen LogP contribution in [-0.2, 0) is 14.3 Å². The number of amides is 2. The van der Waals surface area contributed by atoms with Crippen LogP contribution < -0.4 is 4.74 Å². The number of carbonyl (C=O) groups is 3. The van der Waals surface area contributed by atoms with E-state index in [1.54, 1.807) is 32.2 Å². The molecule has 6 nitrogen and oxygen atoms in total. The van der Waals surface area contributed by atoms with Crippen molar-refractivity contribution in [2.45, 2.75) is 19.9 Å². The second-order valence-electron chi connectivity index (χ2n) is 4.87. The number of methoxy groups -OCH3 is 1. The topological polar surface area (TPSA) is 72.9 Å². The van der Waals surface area contributed by atoms with E-state index in [1.165, 1.54) is 6.92 Å². The van der Waals surface area contributed by atoms with Gasteiger partial charge in [-0.3, -0.25) is 14.5 Å². The van der Waals surface area contributed by atoms with Crippen molar-refractivity contribution >= 4 is 57.5 Å². The summed E-state index contributed by atoms with van der Waals surface area (Å²) in [5.74, 6) is -0.354. The summed E-state index contributed by atoms with van der Waals surface area (Å²) < 4.78 is 11.0.